The van der Waals surface area contributed by atoms with Gasteiger partial charge in [0.25, 0.3) is 0 Å². The van der Waals surface area contributed by atoms with Gasteiger partial charge in [0.1, 0.15) is 11.6 Å². The van der Waals surface area contributed by atoms with Gasteiger partial charge >= 0.3 is 0 Å². The summed E-state index contributed by atoms with van der Waals surface area (Å²) in [6.07, 6.45) is 0. The molecule has 2 aromatic rings. The number of carbonyl (C=O) groups excluding carboxylic acids is 1. The van der Waals surface area contributed by atoms with Gasteiger partial charge in [0, 0.05) is 13.1 Å². The summed E-state index contributed by atoms with van der Waals surface area (Å²) in [6.45, 7) is 5.57. The summed E-state index contributed by atoms with van der Waals surface area (Å²) in [5, 5.41) is 7.30. The van der Waals surface area contributed by atoms with E-state index in [0.29, 0.717) is 19.6 Å². The van der Waals surface area contributed by atoms with Crippen LogP contribution in [0, 0.1) is 19.8 Å². The Morgan fingerprint density at radius 3 is 2.83 bits per heavy atom. The van der Waals surface area contributed by atoms with Crippen molar-refractivity contribution in [2.45, 2.75) is 26.4 Å². The first-order valence-electron chi connectivity index (χ1n) is 7.84. The third-order valence-electron chi connectivity index (χ3n) is 4.06. The van der Waals surface area contributed by atoms with Crippen molar-refractivity contribution in [2.75, 3.05) is 13.1 Å². The van der Waals surface area contributed by atoms with Crippen LogP contribution in [0.1, 0.15) is 23.3 Å². The van der Waals surface area contributed by atoms with Gasteiger partial charge in [-0.3, -0.25) is 10.2 Å². The molecule has 122 valence electrons. The number of hydrogen-bond donors (Lipinski definition) is 3. The van der Waals surface area contributed by atoms with Crippen LogP contribution in [-0.2, 0) is 11.3 Å². The van der Waals surface area contributed by atoms with Gasteiger partial charge in [-0.2, -0.15) is 5.10 Å². The first kappa shape index (κ1) is 15.6. The minimum Gasteiger partial charge on any atom is -0.354 e. The molecule has 7 nitrogen and oxygen atoms in total. The summed E-state index contributed by atoms with van der Waals surface area (Å²) < 4.78 is 1.81. The van der Waals surface area contributed by atoms with Gasteiger partial charge in [0.05, 0.1) is 18.5 Å². The van der Waals surface area contributed by atoms with Gasteiger partial charge in [0.15, 0.2) is 0 Å². The molecule has 1 fully saturated rings. The molecule has 3 rings (SSSR count). The molecule has 1 aliphatic heterocycles. The van der Waals surface area contributed by atoms with Gasteiger partial charge < -0.3 is 5.32 Å². The summed E-state index contributed by atoms with van der Waals surface area (Å²) in [6, 6.07) is 10.0. The SMILES string of the molecule is Cc1nc(C)n(CCNC(=O)C2CNNC2c2ccccc2)n1. The average molecular weight is 314 g/mol. The predicted molar refractivity (Wildman–Crippen MR) is 86.3 cm³/mol. The molecule has 1 aromatic heterocycles. The monoisotopic (exact) mass is 314 g/mol. The second kappa shape index (κ2) is 6.89. The molecule has 2 unspecified atom stereocenters. The van der Waals surface area contributed by atoms with E-state index in [1.54, 1.807) is 0 Å². The maximum Gasteiger partial charge on any atom is 0.226 e. The van der Waals surface area contributed by atoms with E-state index in [9.17, 15) is 4.79 Å². The van der Waals surface area contributed by atoms with E-state index >= 15 is 0 Å². The number of aryl methyl sites for hydroxylation is 2. The van der Waals surface area contributed by atoms with E-state index in [1.807, 2.05) is 48.9 Å². The highest BCUT2D eigenvalue weighted by Crippen LogP contribution is 2.24. The third-order valence-corrected chi connectivity index (χ3v) is 4.06. The quantitative estimate of drug-likeness (QED) is 0.747. The van der Waals surface area contributed by atoms with Gasteiger partial charge in [0.2, 0.25) is 5.91 Å². The van der Waals surface area contributed by atoms with Crippen LogP contribution in [0.15, 0.2) is 30.3 Å². The minimum atomic E-state index is -0.129. The van der Waals surface area contributed by atoms with Crippen molar-refractivity contribution < 1.29 is 4.79 Å². The molecule has 1 saturated heterocycles. The zero-order valence-corrected chi connectivity index (χ0v) is 13.4. The maximum atomic E-state index is 12.5. The highest BCUT2D eigenvalue weighted by molar-refractivity contribution is 5.80. The Hall–Kier alpha value is -2.25. The van der Waals surface area contributed by atoms with E-state index in [2.05, 4.69) is 26.3 Å². The first-order valence-corrected chi connectivity index (χ1v) is 7.84. The lowest BCUT2D eigenvalue weighted by atomic mass is 9.94. The predicted octanol–water partition coefficient (Wildman–Crippen LogP) is 0.476. The molecule has 1 amide bonds. The molecule has 7 heteroatoms. The molecule has 0 saturated carbocycles. The van der Waals surface area contributed by atoms with E-state index in [-0.39, 0.29) is 17.9 Å². The molecule has 2 atom stereocenters. The maximum absolute atomic E-state index is 12.5. The second-order valence-electron chi connectivity index (χ2n) is 5.74. The Bertz CT molecular complexity index is 668. The largest absolute Gasteiger partial charge is 0.354 e. The van der Waals surface area contributed by atoms with E-state index < -0.39 is 0 Å². The summed E-state index contributed by atoms with van der Waals surface area (Å²) in [4.78, 5) is 16.7. The van der Waals surface area contributed by atoms with Crippen LogP contribution in [0.5, 0.6) is 0 Å². The molecule has 0 spiro atoms. The topological polar surface area (TPSA) is 83.9 Å². The summed E-state index contributed by atoms with van der Waals surface area (Å²) in [5.74, 6) is 1.53. The fourth-order valence-corrected chi connectivity index (χ4v) is 2.91. The van der Waals surface area contributed by atoms with Crippen molar-refractivity contribution in [1.82, 2.24) is 30.9 Å². The summed E-state index contributed by atoms with van der Waals surface area (Å²) >= 11 is 0. The van der Waals surface area contributed by atoms with Crippen LogP contribution in [0.25, 0.3) is 0 Å². The van der Waals surface area contributed by atoms with Gasteiger partial charge in [-0.05, 0) is 19.4 Å². The Balaban J connectivity index is 1.56. The number of nitrogens with one attached hydrogen (secondary N) is 3. The second-order valence-corrected chi connectivity index (χ2v) is 5.74. The van der Waals surface area contributed by atoms with Crippen molar-refractivity contribution in [1.29, 1.82) is 0 Å². The number of benzene rings is 1. The molecule has 3 N–H and O–H groups in total. The lowest BCUT2D eigenvalue weighted by molar-refractivity contribution is -0.124. The number of hydrazine groups is 1. The van der Waals surface area contributed by atoms with Crippen LogP contribution < -0.4 is 16.2 Å². The molecule has 0 radical (unpaired) electrons. The normalized spacial score (nSPS) is 20.6. The Morgan fingerprint density at radius 1 is 1.35 bits per heavy atom. The molecule has 1 aromatic carbocycles. The molecular weight excluding hydrogens is 292 g/mol. The van der Waals surface area contributed by atoms with Crippen LogP contribution in [-0.4, -0.2) is 33.8 Å². The molecule has 2 heterocycles. The van der Waals surface area contributed by atoms with E-state index in [0.717, 1.165) is 17.2 Å². The molecule has 23 heavy (non-hydrogen) atoms. The smallest absolute Gasteiger partial charge is 0.226 e. The Morgan fingerprint density at radius 2 is 2.13 bits per heavy atom. The Labute approximate surface area is 135 Å². The number of nitrogens with zero attached hydrogens (tertiary/aromatic N) is 3. The molecule has 1 aliphatic rings. The average Bonchev–Trinajstić information content (AvgIpc) is 3.15. The van der Waals surface area contributed by atoms with E-state index in [4.69, 9.17) is 0 Å². The highest BCUT2D eigenvalue weighted by atomic mass is 16.2. The van der Waals surface area contributed by atoms with Crippen LogP contribution in [0.2, 0.25) is 0 Å². The van der Waals surface area contributed by atoms with E-state index in [1.165, 1.54) is 0 Å². The zero-order chi connectivity index (χ0) is 16.2. The number of amides is 1. The van der Waals surface area contributed by atoms with Crippen molar-refractivity contribution in [3.63, 3.8) is 0 Å². The summed E-state index contributed by atoms with van der Waals surface area (Å²) in [5.41, 5.74) is 7.38. The fourth-order valence-electron chi connectivity index (χ4n) is 2.91. The summed E-state index contributed by atoms with van der Waals surface area (Å²) in [7, 11) is 0. The minimum absolute atomic E-state index is 0.00782. The standard InChI is InChI=1S/C16H22N6O/c1-11-19-12(2)22(21-11)9-8-17-16(23)14-10-18-20-15(14)13-6-4-3-5-7-13/h3-7,14-15,18,20H,8-10H2,1-2H3,(H,17,23). The van der Waals surface area contributed by atoms with Crippen molar-refractivity contribution in [3.05, 3.63) is 47.5 Å². The number of aromatic nitrogens is 3. The van der Waals surface area contributed by atoms with Crippen molar-refractivity contribution in [3.8, 4) is 0 Å². The van der Waals surface area contributed by atoms with Crippen molar-refractivity contribution in [2.24, 2.45) is 5.92 Å². The molecular formula is C16H22N6O. The van der Waals surface area contributed by atoms with Crippen LogP contribution in [0.3, 0.4) is 0 Å². The lowest BCUT2D eigenvalue weighted by Crippen LogP contribution is -2.36. The first-order chi connectivity index (χ1) is 11.1. The zero-order valence-electron chi connectivity index (χ0n) is 13.4. The molecule has 0 aliphatic carbocycles. The highest BCUT2D eigenvalue weighted by Gasteiger charge is 2.33. The van der Waals surface area contributed by atoms with Crippen LogP contribution in [0.4, 0.5) is 0 Å². The van der Waals surface area contributed by atoms with Crippen LogP contribution >= 0.6 is 0 Å². The number of hydrogen-bond acceptors (Lipinski definition) is 5. The Kier molecular flexibility index (Phi) is 4.68. The van der Waals surface area contributed by atoms with Gasteiger partial charge in [-0.25, -0.2) is 15.1 Å². The number of carbonyl (C=O) groups is 1. The lowest BCUT2D eigenvalue weighted by Gasteiger charge is -2.18. The van der Waals surface area contributed by atoms with Gasteiger partial charge in [-0.1, -0.05) is 30.3 Å². The van der Waals surface area contributed by atoms with Gasteiger partial charge in [-0.15, -0.1) is 0 Å². The third kappa shape index (κ3) is 3.57. The number of rotatable bonds is 5. The van der Waals surface area contributed by atoms with Crippen molar-refractivity contribution >= 4 is 5.91 Å². The molecule has 0 bridgehead atoms. The fraction of sp³-hybridized carbons (Fsp3) is 0.438.